The smallest absolute Gasteiger partial charge is 0.143 e. The highest BCUT2D eigenvalue weighted by atomic mass is 19.1. The molecular formula is C11H11FN4O. The van der Waals surface area contributed by atoms with E-state index in [4.69, 9.17) is 0 Å². The Kier molecular flexibility index (Phi) is 2.36. The molecule has 2 aromatic rings. The Morgan fingerprint density at radius 1 is 1.41 bits per heavy atom. The van der Waals surface area contributed by atoms with Gasteiger partial charge >= 0.3 is 0 Å². The van der Waals surface area contributed by atoms with Gasteiger partial charge in [-0.15, -0.1) is 5.10 Å². The van der Waals surface area contributed by atoms with Gasteiger partial charge in [0.25, 0.3) is 0 Å². The van der Waals surface area contributed by atoms with Gasteiger partial charge in [-0.2, -0.15) is 0 Å². The first-order valence-corrected chi connectivity index (χ1v) is 5.46. The predicted octanol–water partition coefficient (Wildman–Crippen LogP) is 1.17. The minimum absolute atomic E-state index is 0.252. The van der Waals surface area contributed by atoms with Crippen LogP contribution in [0, 0.1) is 5.82 Å². The van der Waals surface area contributed by atoms with Crippen molar-refractivity contribution in [1.82, 2.24) is 20.2 Å². The van der Waals surface area contributed by atoms with Crippen molar-refractivity contribution < 1.29 is 9.50 Å². The zero-order valence-corrected chi connectivity index (χ0v) is 9.04. The molecule has 1 N–H and O–H groups in total. The van der Waals surface area contributed by atoms with Gasteiger partial charge in [-0.05, 0) is 40.8 Å². The third-order valence-corrected chi connectivity index (χ3v) is 3.02. The first-order chi connectivity index (χ1) is 8.31. The third-order valence-electron chi connectivity index (χ3n) is 3.02. The van der Waals surface area contributed by atoms with Crippen LogP contribution in [0.5, 0.6) is 0 Å². The fraction of sp³-hybridized carbons (Fsp3) is 0.364. The number of rotatable bonds is 3. The standard InChI is InChI=1S/C11H11FN4O/c12-11-8(7-1-2-7)3-4-10(9(11)5-17)16-6-13-14-15-16/h3-4,6-7,17H,1-2,5H2. The molecule has 1 aliphatic rings. The minimum atomic E-state index is -0.360. The lowest BCUT2D eigenvalue weighted by atomic mass is 10.0. The van der Waals surface area contributed by atoms with Crippen molar-refractivity contribution in [2.45, 2.75) is 25.4 Å². The second-order valence-electron chi connectivity index (χ2n) is 4.15. The summed E-state index contributed by atoms with van der Waals surface area (Å²) in [5.41, 5.74) is 1.42. The Morgan fingerprint density at radius 3 is 2.82 bits per heavy atom. The molecule has 1 aromatic carbocycles. The molecule has 0 radical (unpaired) electrons. The van der Waals surface area contributed by atoms with Gasteiger partial charge in [-0.25, -0.2) is 9.07 Å². The van der Waals surface area contributed by atoms with Crippen LogP contribution in [0.2, 0.25) is 0 Å². The molecule has 0 atom stereocenters. The minimum Gasteiger partial charge on any atom is -0.391 e. The van der Waals surface area contributed by atoms with Gasteiger partial charge in [0, 0.05) is 5.56 Å². The first-order valence-electron chi connectivity index (χ1n) is 5.46. The highest BCUT2D eigenvalue weighted by Gasteiger charge is 2.28. The lowest BCUT2D eigenvalue weighted by Gasteiger charge is -2.10. The highest BCUT2D eigenvalue weighted by Crippen LogP contribution is 2.42. The van der Waals surface area contributed by atoms with E-state index in [1.165, 1.54) is 11.0 Å². The molecule has 1 aliphatic carbocycles. The van der Waals surface area contributed by atoms with E-state index in [-0.39, 0.29) is 18.0 Å². The summed E-state index contributed by atoms with van der Waals surface area (Å²) in [6.07, 6.45) is 3.42. The van der Waals surface area contributed by atoms with E-state index >= 15 is 0 Å². The van der Waals surface area contributed by atoms with Crippen molar-refractivity contribution in [3.05, 3.63) is 35.4 Å². The van der Waals surface area contributed by atoms with E-state index in [0.717, 1.165) is 12.8 Å². The number of aromatic nitrogens is 4. The van der Waals surface area contributed by atoms with Crippen LogP contribution in [-0.4, -0.2) is 25.3 Å². The van der Waals surface area contributed by atoms with Crippen molar-refractivity contribution in [2.75, 3.05) is 0 Å². The third kappa shape index (κ3) is 1.70. The molecule has 1 saturated carbocycles. The van der Waals surface area contributed by atoms with E-state index in [0.29, 0.717) is 17.2 Å². The molecule has 88 valence electrons. The summed E-state index contributed by atoms with van der Waals surface area (Å²) in [4.78, 5) is 0. The summed E-state index contributed by atoms with van der Waals surface area (Å²) in [6, 6.07) is 3.50. The van der Waals surface area contributed by atoms with Gasteiger partial charge in [0.15, 0.2) is 0 Å². The predicted molar refractivity (Wildman–Crippen MR) is 57.0 cm³/mol. The second-order valence-corrected chi connectivity index (χ2v) is 4.15. The molecule has 1 fully saturated rings. The summed E-state index contributed by atoms with van der Waals surface area (Å²) < 4.78 is 15.5. The molecule has 5 nitrogen and oxygen atoms in total. The molecule has 6 heteroatoms. The lowest BCUT2D eigenvalue weighted by molar-refractivity contribution is 0.274. The van der Waals surface area contributed by atoms with Crippen LogP contribution in [0.1, 0.15) is 29.9 Å². The van der Waals surface area contributed by atoms with Crippen LogP contribution in [0.4, 0.5) is 4.39 Å². The largest absolute Gasteiger partial charge is 0.391 e. The Bertz CT molecular complexity index is 537. The molecule has 0 spiro atoms. The van der Waals surface area contributed by atoms with Gasteiger partial charge in [0.1, 0.15) is 12.1 Å². The van der Waals surface area contributed by atoms with E-state index in [1.54, 1.807) is 12.1 Å². The molecule has 0 unspecified atom stereocenters. The van der Waals surface area contributed by atoms with Crippen LogP contribution in [0.3, 0.4) is 0 Å². The molecular weight excluding hydrogens is 223 g/mol. The Labute approximate surface area is 96.9 Å². The summed E-state index contributed by atoms with van der Waals surface area (Å²) in [6.45, 7) is -0.360. The quantitative estimate of drug-likeness (QED) is 0.865. The first kappa shape index (κ1) is 10.3. The van der Waals surface area contributed by atoms with Crippen molar-refractivity contribution >= 4 is 0 Å². The number of halogens is 1. The summed E-state index contributed by atoms with van der Waals surface area (Å²) in [5, 5.41) is 20.0. The van der Waals surface area contributed by atoms with E-state index in [9.17, 15) is 9.50 Å². The number of benzene rings is 1. The van der Waals surface area contributed by atoms with Crippen molar-refractivity contribution in [3.63, 3.8) is 0 Å². The van der Waals surface area contributed by atoms with Crippen molar-refractivity contribution in [2.24, 2.45) is 0 Å². The number of tetrazole rings is 1. The van der Waals surface area contributed by atoms with Gasteiger partial charge in [-0.1, -0.05) is 6.07 Å². The zero-order chi connectivity index (χ0) is 11.8. The van der Waals surface area contributed by atoms with Crippen LogP contribution < -0.4 is 0 Å². The van der Waals surface area contributed by atoms with Crippen molar-refractivity contribution in [3.8, 4) is 5.69 Å². The van der Waals surface area contributed by atoms with E-state index < -0.39 is 0 Å². The normalized spacial score (nSPS) is 15.2. The molecule has 0 amide bonds. The van der Waals surface area contributed by atoms with Crippen LogP contribution in [0.25, 0.3) is 5.69 Å². The Hall–Kier alpha value is -1.82. The van der Waals surface area contributed by atoms with Gasteiger partial charge in [-0.3, -0.25) is 0 Å². The van der Waals surface area contributed by atoms with E-state index in [1.807, 2.05) is 0 Å². The van der Waals surface area contributed by atoms with Gasteiger partial charge in [0.05, 0.1) is 12.3 Å². The van der Waals surface area contributed by atoms with Crippen LogP contribution in [-0.2, 0) is 6.61 Å². The summed E-state index contributed by atoms with van der Waals surface area (Å²) >= 11 is 0. The monoisotopic (exact) mass is 234 g/mol. The molecule has 1 heterocycles. The lowest BCUT2D eigenvalue weighted by Crippen LogP contribution is -2.05. The fourth-order valence-electron chi connectivity index (χ4n) is 1.98. The molecule has 3 rings (SSSR count). The fourth-order valence-corrected chi connectivity index (χ4v) is 1.98. The molecule has 0 saturated heterocycles. The Morgan fingerprint density at radius 2 is 2.24 bits per heavy atom. The molecule has 0 bridgehead atoms. The average Bonchev–Trinajstić information content (AvgIpc) is 3.03. The molecule has 17 heavy (non-hydrogen) atoms. The maximum atomic E-state index is 14.2. The van der Waals surface area contributed by atoms with Gasteiger partial charge in [0.2, 0.25) is 0 Å². The number of aliphatic hydroxyl groups is 1. The Balaban J connectivity index is 2.13. The zero-order valence-electron chi connectivity index (χ0n) is 9.04. The summed E-state index contributed by atoms with van der Waals surface area (Å²) in [7, 11) is 0. The average molecular weight is 234 g/mol. The topological polar surface area (TPSA) is 63.8 Å². The number of hydrogen-bond acceptors (Lipinski definition) is 4. The van der Waals surface area contributed by atoms with Crippen LogP contribution in [0.15, 0.2) is 18.5 Å². The summed E-state index contributed by atoms with van der Waals surface area (Å²) in [5.74, 6) is -0.0220. The highest BCUT2D eigenvalue weighted by molar-refractivity contribution is 5.45. The SMILES string of the molecule is OCc1c(-n2cnnn2)ccc(C2CC2)c1F. The van der Waals surface area contributed by atoms with E-state index in [2.05, 4.69) is 15.5 Å². The number of aliphatic hydroxyl groups excluding tert-OH is 1. The molecule has 0 aliphatic heterocycles. The number of hydrogen-bond donors (Lipinski definition) is 1. The van der Waals surface area contributed by atoms with Crippen LogP contribution >= 0.6 is 0 Å². The van der Waals surface area contributed by atoms with Gasteiger partial charge < -0.3 is 5.11 Å². The number of nitrogens with zero attached hydrogens (tertiary/aromatic N) is 4. The molecule has 1 aromatic heterocycles. The maximum absolute atomic E-state index is 14.2. The second kappa shape index (κ2) is 3.89. The maximum Gasteiger partial charge on any atom is 0.143 e. The van der Waals surface area contributed by atoms with Crippen molar-refractivity contribution in [1.29, 1.82) is 0 Å².